The lowest BCUT2D eigenvalue weighted by atomic mass is 10.0. The summed E-state index contributed by atoms with van der Waals surface area (Å²) in [6.07, 6.45) is 37.8. The van der Waals surface area contributed by atoms with Crippen LogP contribution in [0.25, 0.3) is 0 Å². The van der Waals surface area contributed by atoms with Crippen LogP contribution in [0.1, 0.15) is 201 Å². The number of carbonyl (C=O) groups is 2. The molecule has 0 aliphatic heterocycles. The number of allylic oxidation sites excluding steroid dienone is 1. The van der Waals surface area contributed by atoms with Crippen LogP contribution in [0.15, 0.2) is 12.7 Å². The highest BCUT2D eigenvalue weighted by Gasteiger charge is 2.23. The molecule has 0 saturated heterocycles. The monoisotopic (exact) mass is 663 g/mol. The predicted molar refractivity (Wildman–Crippen MR) is 207 cm³/mol. The molecule has 0 aromatic rings. The van der Waals surface area contributed by atoms with Crippen molar-refractivity contribution in [1.82, 2.24) is 10.6 Å². The van der Waals surface area contributed by atoms with Crippen molar-refractivity contribution in [2.45, 2.75) is 207 Å². The van der Waals surface area contributed by atoms with Crippen LogP contribution in [0.4, 0.5) is 0 Å². The van der Waals surface area contributed by atoms with Crippen LogP contribution in [-0.4, -0.2) is 56.1 Å². The molecule has 5 nitrogen and oxygen atoms in total. The van der Waals surface area contributed by atoms with Crippen molar-refractivity contribution in [3.05, 3.63) is 12.7 Å². The molecule has 47 heavy (non-hydrogen) atoms. The van der Waals surface area contributed by atoms with Crippen LogP contribution in [0.2, 0.25) is 0 Å². The summed E-state index contributed by atoms with van der Waals surface area (Å²) in [4.78, 5) is 25.3. The lowest BCUT2D eigenvalue weighted by molar-refractivity contribution is -0.890. The first-order valence-electron chi connectivity index (χ1n) is 20.7. The van der Waals surface area contributed by atoms with E-state index in [1.165, 1.54) is 154 Å². The molecule has 0 aliphatic rings. The maximum absolute atomic E-state index is 12.8. The highest BCUT2D eigenvalue weighted by atomic mass is 16.2. The van der Waals surface area contributed by atoms with Crippen LogP contribution in [0.3, 0.4) is 0 Å². The number of nitrogens with zero attached hydrogens (tertiary/aromatic N) is 1. The third-order valence-electron chi connectivity index (χ3n) is 9.93. The summed E-state index contributed by atoms with van der Waals surface area (Å²) < 4.78 is 1.13. The van der Waals surface area contributed by atoms with Gasteiger partial charge in [0.2, 0.25) is 11.8 Å². The molecule has 5 heteroatoms. The molecule has 1 atom stereocenters. The van der Waals surface area contributed by atoms with Gasteiger partial charge in [-0.15, -0.1) is 6.58 Å². The summed E-state index contributed by atoms with van der Waals surface area (Å²) in [6, 6.07) is -0.441. The first-order chi connectivity index (χ1) is 22.7. The first-order valence-corrected chi connectivity index (χ1v) is 20.7. The van der Waals surface area contributed by atoms with E-state index in [4.69, 9.17) is 0 Å². The Morgan fingerprint density at radius 1 is 0.596 bits per heavy atom. The highest BCUT2D eigenvalue weighted by Crippen LogP contribution is 2.15. The molecule has 0 aliphatic carbocycles. The van der Waals surface area contributed by atoms with Gasteiger partial charge in [0, 0.05) is 13.0 Å². The van der Waals surface area contributed by atoms with Gasteiger partial charge in [-0.3, -0.25) is 9.59 Å². The average Bonchev–Trinajstić information content (AvgIpc) is 3.03. The highest BCUT2D eigenvalue weighted by molar-refractivity contribution is 5.87. The standard InChI is InChI=1S/C42H83N3O2/c1-7-9-11-13-15-17-18-19-20-21-22-23-24-26-29-33-37-45(5,6)38-34-30-28-32-36-43-42(47)41(39(3)4)44-40(46)35-31-27-25-16-14-12-10-8-2/h8,39,41H,2,7,9-38H2,1,3-6H3,(H-,43,44,46,47)/p+1/t41-/m0/s1. The summed E-state index contributed by atoms with van der Waals surface area (Å²) in [7, 11) is 4.77. The van der Waals surface area contributed by atoms with Gasteiger partial charge in [-0.1, -0.05) is 149 Å². The van der Waals surface area contributed by atoms with Crippen LogP contribution < -0.4 is 10.6 Å². The Bertz CT molecular complexity index is 721. The molecule has 2 amide bonds. The fourth-order valence-corrected chi connectivity index (χ4v) is 6.60. The third-order valence-corrected chi connectivity index (χ3v) is 9.93. The zero-order chi connectivity index (χ0) is 34.9. The minimum Gasteiger partial charge on any atom is -0.354 e. The van der Waals surface area contributed by atoms with Gasteiger partial charge in [0.05, 0.1) is 27.2 Å². The molecule has 0 unspecified atom stereocenters. The van der Waals surface area contributed by atoms with Crippen molar-refractivity contribution >= 4 is 11.8 Å². The van der Waals surface area contributed by atoms with Gasteiger partial charge < -0.3 is 15.1 Å². The van der Waals surface area contributed by atoms with Crippen LogP contribution >= 0.6 is 0 Å². The Labute approximate surface area is 294 Å². The Hall–Kier alpha value is -1.36. The summed E-state index contributed by atoms with van der Waals surface area (Å²) in [6.45, 7) is 13.3. The molecule has 278 valence electrons. The fourth-order valence-electron chi connectivity index (χ4n) is 6.60. The molecular weight excluding hydrogens is 578 g/mol. The van der Waals surface area contributed by atoms with Gasteiger partial charge in [0.1, 0.15) is 6.04 Å². The molecule has 0 bridgehead atoms. The molecule has 0 aromatic carbocycles. The van der Waals surface area contributed by atoms with Gasteiger partial charge in [0.25, 0.3) is 0 Å². The second-order valence-corrected chi connectivity index (χ2v) is 15.6. The molecule has 0 spiro atoms. The molecule has 0 saturated carbocycles. The zero-order valence-electron chi connectivity index (χ0n) is 32.6. The minimum atomic E-state index is -0.441. The summed E-state index contributed by atoms with van der Waals surface area (Å²) >= 11 is 0. The van der Waals surface area contributed by atoms with Crippen molar-refractivity contribution in [1.29, 1.82) is 0 Å². The van der Waals surface area contributed by atoms with E-state index in [0.717, 1.165) is 36.6 Å². The normalized spacial score (nSPS) is 12.4. The quantitative estimate of drug-likeness (QED) is 0.0398. The maximum atomic E-state index is 12.8. The van der Waals surface area contributed by atoms with E-state index in [0.29, 0.717) is 13.0 Å². The summed E-state index contributed by atoms with van der Waals surface area (Å²) in [5.74, 6) is 0.0520. The number of rotatable bonds is 36. The molecule has 0 aromatic heterocycles. The second-order valence-electron chi connectivity index (χ2n) is 15.6. The zero-order valence-corrected chi connectivity index (χ0v) is 32.6. The van der Waals surface area contributed by atoms with Gasteiger partial charge in [-0.05, 0) is 57.3 Å². The lowest BCUT2D eigenvalue weighted by Crippen LogP contribution is -2.49. The maximum Gasteiger partial charge on any atom is 0.242 e. The van der Waals surface area contributed by atoms with E-state index in [1.54, 1.807) is 0 Å². The summed E-state index contributed by atoms with van der Waals surface area (Å²) in [5.41, 5.74) is 0. The first kappa shape index (κ1) is 45.6. The topological polar surface area (TPSA) is 58.2 Å². The van der Waals surface area contributed by atoms with E-state index in [9.17, 15) is 9.59 Å². The molecule has 0 radical (unpaired) electrons. The van der Waals surface area contributed by atoms with Crippen LogP contribution in [-0.2, 0) is 9.59 Å². The number of quaternary nitrogens is 1. The predicted octanol–water partition coefficient (Wildman–Crippen LogP) is 11.4. The van der Waals surface area contributed by atoms with Gasteiger partial charge in [-0.2, -0.15) is 0 Å². The SMILES string of the molecule is C=CCCCCCCCCC(=O)N[C@H](C(=O)NCCCCCC[N+](C)(C)CCCCCCCCCCCCCCCCCC)C(C)C. The average molecular weight is 663 g/mol. The van der Waals surface area contributed by atoms with Crippen molar-refractivity contribution in [2.24, 2.45) is 5.92 Å². The van der Waals surface area contributed by atoms with E-state index in [2.05, 4.69) is 38.2 Å². The molecule has 0 fully saturated rings. The van der Waals surface area contributed by atoms with E-state index in [-0.39, 0.29) is 17.7 Å². The smallest absolute Gasteiger partial charge is 0.242 e. The number of unbranched alkanes of at least 4 members (excludes halogenated alkanes) is 24. The third kappa shape index (κ3) is 31.6. The van der Waals surface area contributed by atoms with Crippen LogP contribution in [0.5, 0.6) is 0 Å². The Kier molecular flexibility index (Phi) is 32.2. The lowest BCUT2D eigenvalue weighted by Gasteiger charge is -2.30. The molecule has 0 heterocycles. The minimum absolute atomic E-state index is 0.00540. The van der Waals surface area contributed by atoms with E-state index in [1.807, 2.05) is 19.9 Å². The Morgan fingerprint density at radius 2 is 1.00 bits per heavy atom. The second kappa shape index (κ2) is 33.2. The van der Waals surface area contributed by atoms with Gasteiger partial charge in [0.15, 0.2) is 0 Å². The fraction of sp³-hybridized carbons (Fsp3) is 0.905. The Balaban J connectivity index is 3.73. The van der Waals surface area contributed by atoms with Crippen LogP contribution in [0, 0.1) is 5.92 Å². The molecular formula is C42H84N3O2+. The molecule has 0 rings (SSSR count). The van der Waals surface area contributed by atoms with Crippen molar-refractivity contribution in [3.63, 3.8) is 0 Å². The van der Waals surface area contributed by atoms with Crippen molar-refractivity contribution < 1.29 is 14.1 Å². The molecule has 2 N–H and O–H groups in total. The number of hydrogen-bond donors (Lipinski definition) is 2. The number of hydrogen-bond acceptors (Lipinski definition) is 2. The van der Waals surface area contributed by atoms with E-state index < -0.39 is 6.04 Å². The number of amides is 2. The van der Waals surface area contributed by atoms with E-state index >= 15 is 0 Å². The van der Waals surface area contributed by atoms with Gasteiger partial charge >= 0.3 is 0 Å². The Morgan fingerprint density at radius 3 is 1.45 bits per heavy atom. The van der Waals surface area contributed by atoms with Crippen molar-refractivity contribution in [2.75, 3.05) is 33.7 Å². The number of nitrogens with one attached hydrogen (secondary N) is 2. The number of carbonyl (C=O) groups excluding carboxylic acids is 2. The van der Waals surface area contributed by atoms with Crippen molar-refractivity contribution in [3.8, 4) is 0 Å². The summed E-state index contributed by atoms with van der Waals surface area (Å²) in [5, 5.41) is 6.08. The van der Waals surface area contributed by atoms with Gasteiger partial charge in [-0.25, -0.2) is 0 Å². The largest absolute Gasteiger partial charge is 0.354 e.